The van der Waals surface area contributed by atoms with E-state index in [0.29, 0.717) is 18.9 Å². The molecule has 1 aliphatic carbocycles. The zero-order valence-corrected chi connectivity index (χ0v) is 8.12. The maximum Gasteiger partial charge on any atom is 0.309 e. The summed E-state index contributed by atoms with van der Waals surface area (Å²) >= 11 is 0. The van der Waals surface area contributed by atoms with Gasteiger partial charge in [0.1, 0.15) is 0 Å². The number of cyclic esters (lactones) is 1. The molecule has 2 aliphatic rings. The first-order valence-electron chi connectivity index (χ1n) is 4.91. The lowest BCUT2D eigenvalue weighted by atomic mass is 9.84. The van der Waals surface area contributed by atoms with Gasteiger partial charge in [-0.3, -0.25) is 4.79 Å². The van der Waals surface area contributed by atoms with Gasteiger partial charge in [-0.15, -0.1) is 0 Å². The van der Waals surface area contributed by atoms with Crippen LogP contribution in [0.25, 0.3) is 0 Å². The van der Waals surface area contributed by atoms with Crippen LogP contribution in [-0.2, 0) is 9.53 Å². The number of esters is 1. The van der Waals surface area contributed by atoms with Crippen LogP contribution in [0.5, 0.6) is 0 Å². The van der Waals surface area contributed by atoms with E-state index in [-0.39, 0.29) is 17.8 Å². The fourth-order valence-corrected chi connectivity index (χ4v) is 2.70. The van der Waals surface area contributed by atoms with Gasteiger partial charge in [0, 0.05) is 0 Å². The van der Waals surface area contributed by atoms with E-state index in [2.05, 4.69) is 0 Å². The second kappa shape index (κ2) is 2.71. The van der Waals surface area contributed by atoms with Crippen molar-refractivity contribution in [1.82, 2.24) is 0 Å². The largest absolute Gasteiger partial charge is 0.465 e. The molecule has 0 aromatic rings. The van der Waals surface area contributed by atoms with E-state index in [1.807, 2.05) is 13.8 Å². The number of aliphatic hydroxyl groups is 1. The number of ether oxygens (including phenoxy) is 1. The summed E-state index contributed by atoms with van der Waals surface area (Å²) in [7, 11) is 0. The number of hydrogen-bond acceptors (Lipinski definition) is 3. The van der Waals surface area contributed by atoms with Crippen LogP contribution in [0.3, 0.4) is 0 Å². The van der Waals surface area contributed by atoms with E-state index >= 15 is 0 Å². The molecule has 74 valence electrons. The minimum absolute atomic E-state index is 0.0567. The van der Waals surface area contributed by atoms with Crippen molar-refractivity contribution in [3.63, 3.8) is 0 Å². The van der Waals surface area contributed by atoms with Crippen molar-refractivity contribution in [2.45, 2.75) is 32.3 Å². The van der Waals surface area contributed by atoms with Crippen LogP contribution in [0.2, 0.25) is 0 Å². The van der Waals surface area contributed by atoms with Crippen molar-refractivity contribution in [3.05, 3.63) is 0 Å². The van der Waals surface area contributed by atoms with Gasteiger partial charge in [-0.25, -0.2) is 0 Å². The molecule has 1 saturated carbocycles. The second-order valence-electron chi connectivity index (χ2n) is 4.58. The molecule has 0 bridgehead atoms. The molecule has 2 fully saturated rings. The smallest absolute Gasteiger partial charge is 0.309 e. The highest BCUT2D eigenvalue weighted by Gasteiger charge is 2.52. The molecule has 1 heterocycles. The molecule has 0 aromatic heterocycles. The summed E-state index contributed by atoms with van der Waals surface area (Å²) in [5.41, 5.74) is -0.682. The molecule has 0 spiro atoms. The Morgan fingerprint density at radius 3 is 2.92 bits per heavy atom. The summed E-state index contributed by atoms with van der Waals surface area (Å²) in [5.74, 6) is 0.376. The van der Waals surface area contributed by atoms with Gasteiger partial charge < -0.3 is 9.84 Å². The number of hydrogen-bond donors (Lipinski definition) is 1. The Bertz CT molecular complexity index is 234. The van der Waals surface area contributed by atoms with Crippen molar-refractivity contribution in [2.75, 3.05) is 6.61 Å². The van der Waals surface area contributed by atoms with E-state index in [9.17, 15) is 9.90 Å². The predicted octanol–water partition coefficient (Wildman–Crippen LogP) is 0.956. The molecule has 1 N–H and O–H groups in total. The molecule has 0 aromatic carbocycles. The van der Waals surface area contributed by atoms with Crippen LogP contribution in [0.1, 0.15) is 26.7 Å². The van der Waals surface area contributed by atoms with Gasteiger partial charge in [0.15, 0.2) is 0 Å². The molecule has 1 aliphatic heterocycles. The van der Waals surface area contributed by atoms with E-state index in [1.54, 1.807) is 0 Å². The van der Waals surface area contributed by atoms with Gasteiger partial charge in [-0.05, 0) is 31.6 Å². The van der Waals surface area contributed by atoms with Crippen LogP contribution in [0.15, 0.2) is 0 Å². The normalized spacial score (nSPS) is 50.1. The molecule has 4 atom stereocenters. The Labute approximate surface area is 78.1 Å². The van der Waals surface area contributed by atoms with E-state index in [0.717, 1.165) is 6.42 Å². The quantitative estimate of drug-likeness (QED) is 0.570. The Kier molecular flexibility index (Phi) is 1.88. The fourth-order valence-electron chi connectivity index (χ4n) is 2.70. The zero-order chi connectivity index (χ0) is 9.64. The predicted molar refractivity (Wildman–Crippen MR) is 47.0 cm³/mol. The molecule has 13 heavy (non-hydrogen) atoms. The van der Waals surface area contributed by atoms with Crippen molar-refractivity contribution >= 4 is 5.97 Å². The third kappa shape index (κ3) is 1.26. The molecule has 3 nitrogen and oxygen atoms in total. The first-order valence-corrected chi connectivity index (χ1v) is 4.91. The summed E-state index contributed by atoms with van der Waals surface area (Å²) < 4.78 is 4.98. The topological polar surface area (TPSA) is 46.5 Å². The Morgan fingerprint density at radius 2 is 2.31 bits per heavy atom. The summed E-state index contributed by atoms with van der Waals surface area (Å²) in [6.45, 7) is 4.38. The standard InChI is InChI=1S/C10H16O3/c1-6-7-3-4-13-9(11)8(7)5-10(6,2)12/h6-8,12H,3-5H2,1-2H3. The van der Waals surface area contributed by atoms with Gasteiger partial charge in [0.2, 0.25) is 0 Å². The van der Waals surface area contributed by atoms with Crippen molar-refractivity contribution in [1.29, 1.82) is 0 Å². The van der Waals surface area contributed by atoms with E-state index < -0.39 is 5.60 Å². The maximum atomic E-state index is 11.4. The second-order valence-corrected chi connectivity index (χ2v) is 4.58. The van der Waals surface area contributed by atoms with Crippen LogP contribution in [0.4, 0.5) is 0 Å². The van der Waals surface area contributed by atoms with E-state index in [1.165, 1.54) is 0 Å². The van der Waals surface area contributed by atoms with Crippen LogP contribution in [0, 0.1) is 17.8 Å². The molecule has 0 radical (unpaired) electrons. The molecule has 0 amide bonds. The number of fused-ring (bicyclic) bond motifs is 1. The first kappa shape index (κ1) is 9.00. The third-order valence-corrected chi connectivity index (χ3v) is 3.77. The zero-order valence-electron chi connectivity index (χ0n) is 8.12. The molecular formula is C10H16O3. The summed E-state index contributed by atoms with van der Waals surface area (Å²) in [6, 6.07) is 0. The van der Waals surface area contributed by atoms with Crippen molar-refractivity contribution in [2.24, 2.45) is 17.8 Å². The molecule has 2 rings (SSSR count). The van der Waals surface area contributed by atoms with Gasteiger partial charge in [0.05, 0.1) is 18.1 Å². The highest BCUT2D eigenvalue weighted by molar-refractivity contribution is 5.74. The summed E-state index contributed by atoms with van der Waals surface area (Å²) in [6.07, 6.45) is 1.48. The van der Waals surface area contributed by atoms with Gasteiger partial charge in [0.25, 0.3) is 0 Å². The fraction of sp³-hybridized carbons (Fsp3) is 0.900. The minimum atomic E-state index is -0.682. The SMILES string of the molecule is CC1C2CCOC(=O)C2CC1(C)O. The van der Waals surface area contributed by atoms with Crippen molar-refractivity contribution in [3.8, 4) is 0 Å². The highest BCUT2D eigenvalue weighted by atomic mass is 16.5. The molecule has 4 unspecified atom stereocenters. The van der Waals surface area contributed by atoms with Gasteiger partial charge in [-0.2, -0.15) is 0 Å². The Balaban J connectivity index is 2.23. The van der Waals surface area contributed by atoms with Crippen LogP contribution >= 0.6 is 0 Å². The van der Waals surface area contributed by atoms with Gasteiger partial charge in [-0.1, -0.05) is 6.92 Å². The lowest BCUT2D eigenvalue weighted by Gasteiger charge is -2.28. The number of rotatable bonds is 0. The van der Waals surface area contributed by atoms with Crippen LogP contribution in [-0.4, -0.2) is 23.3 Å². The van der Waals surface area contributed by atoms with Gasteiger partial charge >= 0.3 is 5.97 Å². The first-order chi connectivity index (χ1) is 6.02. The molecule has 1 saturated heterocycles. The Hall–Kier alpha value is -0.570. The number of carbonyl (C=O) groups is 1. The minimum Gasteiger partial charge on any atom is -0.465 e. The lowest BCUT2D eigenvalue weighted by molar-refractivity contribution is -0.155. The lowest BCUT2D eigenvalue weighted by Crippen LogP contribution is -2.32. The van der Waals surface area contributed by atoms with Crippen LogP contribution < -0.4 is 0 Å². The average Bonchev–Trinajstić information content (AvgIpc) is 2.28. The molecule has 3 heteroatoms. The highest BCUT2D eigenvalue weighted by Crippen LogP contribution is 2.47. The third-order valence-electron chi connectivity index (χ3n) is 3.77. The summed E-state index contributed by atoms with van der Waals surface area (Å²) in [4.78, 5) is 11.4. The monoisotopic (exact) mass is 184 g/mol. The maximum absolute atomic E-state index is 11.4. The summed E-state index contributed by atoms with van der Waals surface area (Å²) in [5, 5.41) is 10.0. The molecular weight excluding hydrogens is 168 g/mol. The van der Waals surface area contributed by atoms with Crippen molar-refractivity contribution < 1.29 is 14.6 Å². The average molecular weight is 184 g/mol. The number of carbonyl (C=O) groups excluding carboxylic acids is 1. The van der Waals surface area contributed by atoms with E-state index in [4.69, 9.17) is 4.74 Å². The Morgan fingerprint density at radius 1 is 1.62 bits per heavy atom.